The van der Waals surface area contributed by atoms with Gasteiger partial charge in [0.2, 0.25) is 0 Å². The summed E-state index contributed by atoms with van der Waals surface area (Å²) in [5.74, 6) is 1.72. The smallest absolute Gasteiger partial charge is 0.119 e. The van der Waals surface area contributed by atoms with Crippen LogP contribution in [0.3, 0.4) is 0 Å². The molecule has 0 saturated heterocycles. The molecule has 0 saturated carbocycles. The minimum absolute atomic E-state index is 0.655. The molecule has 0 aromatic heterocycles. The van der Waals surface area contributed by atoms with Crippen molar-refractivity contribution < 1.29 is 9.47 Å². The lowest BCUT2D eigenvalue weighted by molar-refractivity contribution is 0.340. The van der Waals surface area contributed by atoms with E-state index in [1.54, 1.807) is 7.11 Å². The number of rotatable bonds is 7. The molecule has 0 amide bonds. The van der Waals surface area contributed by atoms with Gasteiger partial charge in [0, 0.05) is 0 Å². The van der Waals surface area contributed by atoms with Crippen molar-refractivity contribution in [2.45, 2.75) is 90.0 Å². The second-order valence-electron chi connectivity index (χ2n) is 7.17. The molecule has 4 aromatic carbocycles. The van der Waals surface area contributed by atoms with Gasteiger partial charge in [0.05, 0.1) is 13.7 Å². The van der Waals surface area contributed by atoms with Crippen molar-refractivity contribution in [3.05, 3.63) is 131 Å². The molecule has 0 spiro atoms. The zero-order valence-electron chi connectivity index (χ0n) is 29.9. The summed E-state index contributed by atoms with van der Waals surface area (Å²) in [6, 6.07) is 37.7. The number of ether oxygens (including phenoxy) is 2. The van der Waals surface area contributed by atoms with Crippen molar-refractivity contribution in [1.82, 2.24) is 0 Å². The molecule has 0 bridgehead atoms. The molecule has 0 aliphatic heterocycles. The Bertz CT molecular complexity index is 1130. The number of benzene rings is 4. The first-order valence-electron chi connectivity index (χ1n) is 16.5. The highest BCUT2D eigenvalue weighted by molar-refractivity contribution is 6.04. The highest BCUT2D eigenvalue weighted by Crippen LogP contribution is 2.37. The van der Waals surface area contributed by atoms with Crippen LogP contribution in [0.15, 0.2) is 109 Å². The van der Waals surface area contributed by atoms with Gasteiger partial charge in [-0.05, 0) is 64.6 Å². The third-order valence-electron chi connectivity index (χ3n) is 5.21. The Hall–Kier alpha value is -3.78. The van der Waals surface area contributed by atoms with Gasteiger partial charge in [-0.15, -0.1) is 0 Å². The predicted octanol–water partition coefficient (Wildman–Crippen LogP) is 13.3. The van der Waals surface area contributed by atoms with Crippen LogP contribution in [0.5, 0.6) is 11.5 Å². The van der Waals surface area contributed by atoms with Crippen molar-refractivity contribution in [3.63, 3.8) is 0 Å². The average molecular weight is 587 g/mol. The molecule has 0 N–H and O–H groups in total. The van der Waals surface area contributed by atoms with E-state index >= 15 is 0 Å². The van der Waals surface area contributed by atoms with Gasteiger partial charge in [0.25, 0.3) is 0 Å². The maximum atomic E-state index is 5.67. The van der Waals surface area contributed by atoms with E-state index in [1.807, 2.05) is 120 Å². The summed E-state index contributed by atoms with van der Waals surface area (Å²) in [5.41, 5.74) is 6.98. The number of hydrogen-bond acceptors (Lipinski definition) is 2. The fourth-order valence-corrected chi connectivity index (χ4v) is 3.76. The maximum Gasteiger partial charge on any atom is 0.119 e. The fourth-order valence-electron chi connectivity index (χ4n) is 3.76. The molecular formula is C41H62O2. The van der Waals surface area contributed by atoms with Crippen LogP contribution in [-0.4, -0.2) is 13.7 Å². The summed E-state index contributed by atoms with van der Waals surface area (Å²) in [6.45, 7) is 26.7. The van der Waals surface area contributed by atoms with Gasteiger partial charge in [-0.2, -0.15) is 0 Å². The molecule has 0 fully saturated rings. The topological polar surface area (TPSA) is 18.5 Å². The molecule has 2 heteroatoms. The van der Waals surface area contributed by atoms with Crippen LogP contribution >= 0.6 is 0 Å². The highest BCUT2D eigenvalue weighted by atomic mass is 16.5. The third kappa shape index (κ3) is 15.3. The molecule has 2 nitrogen and oxygen atoms in total. The van der Waals surface area contributed by atoms with Crippen molar-refractivity contribution in [2.75, 3.05) is 13.7 Å². The lowest BCUT2D eigenvalue weighted by Crippen LogP contribution is -1.98. The van der Waals surface area contributed by atoms with Crippen LogP contribution in [0.2, 0.25) is 0 Å². The molecule has 238 valence electrons. The van der Waals surface area contributed by atoms with Gasteiger partial charge >= 0.3 is 0 Å². The summed E-state index contributed by atoms with van der Waals surface area (Å²) in [6.07, 6.45) is 0. The first-order valence-corrected chi connectivity index (χ1v) is 16.5. The van der Waals surface area contributed by atoms with Crippen LogP contribution in [0.1, 0.15) is 112 Å². The van der Waals surface area contributed by atoms with Gasteiger partial charge in [0.1, 0.15) is 11.5 Å². The quantitative estimate of drug-likeness (QED) is 0.201. The molecule has 0 radical (unpaired) electrons. The zero-order valence-corrected chi connectivity index (χ0v) is 29.9. The van der Waals surface area contributed by atoms with E-state index in [0.717, 1.165) is 22.6 Å². The second kappa shape index (κ2) is 31.2. The van der Waals surface area contributed by atoms with E-state index in [0.29, 0.717) is 6.61 Å². The summed E-state index contributed by atoms with van der Waals surface area (Å²) >= 11 is 0. The Balaban J connectivity index is -0.00000119. The molecule has 4 rings (SSSR count). The third-order valence-corrected chi connectivity index (χ3v) is 5.21. The molecule has 0 heterocycles. The Kier molecular flexibility index (Phi) is 31.6. The minimum Gasteiger partial charge on any atom is -0.497 e. The summed E-state index contributed by atoms with van der Waals surface area (Å²) < 4.78 is 11.1. The lowest BCUT2D eigenvalue weighted by atomic mass is 9.86. The number of hydrogen-bond donors (Lipinski definition) is 0. The van der Waals surface area contributed by atoms with Crippen molar-refractivity contribution in [1.29, 1.82) is 0 Å². The van der Waals surface area contributed by atoms with Crippen molar-refractivity contribution in [3.8, 4) is 11.5 Å². The molecular weight excluding hydrogens is 524 g/mol. The van der Waals surface area contributed by atoms with Crippen molar-refractivity contribution >= 4 is 11.1 Å². The maximum absolute atomic E-state index is 5.67. The van der Waals surface area contributed by atoms with E-state index in [2.05, 4.69) is 78.9 Å². The highest BCUT2D eigenvalue weighted by Gasteiger charge is 2.16. The zero-order chi connectivity index (χ0) is 33.5. The van der Waals surface area contributed by atoms with Crippen molar-refractivity contribution in [2.24, 2.45) is 0 Å². The first-order chi connectivity index (χ1) is 21.3. The van der Waals surface area contributed by atoms with E-state index < -0.39 is 0 Å². The monoisotopic (exact) mass is 586 g/mol. The first kappa shape index (κ1) is 43.7. The normalized spacial score (nSPS) is 9.16. The van der Waals surface area contributed by atoms with Crippen LogP contribution in [-0.2, 0) is 0 Å². The fraction of sp³-hybridized carbons (Fsp3) is 0.366. The lowest BCUT2D eigenvalue weighted by Gasteiger charge is -2.18. The van der Waals surface area contributed by atoms with Gasteiger partial charge < -0.3 is 9.47 Å². The number of methoxy groups -OCH3 is 1. The Morgan fingerprint density at radius 3 is 0.953 bits per heavy atom. The van der Waals surface area contributed by atoms with Gasteiger partial charge in [-0.3, -0.25) is 0 Å². The van der Waals surface area contributed by atoms with Crippen LogP contribution in [0.25, 0.3) is 11.1 Å². The minimum atomic E-state index is 0.655. The van der Waals surface area contributed by atoms with E-state index in [9.17, 15) is 0 Å². The predicted molar refractivity (Wildman–Crippen MR) is 197 cm³/mol. The van der Waals surface area contributed by atoms with E-state index in [4.69, 9.17) is 9.47 Å². The molecule has 43 heavy (non-hydrogen) atoms. The molecule has 4 aromatic rings. The summed E-state index contributed by atoms with van der Waals surface area (Å²) in [5, 5.41) is 0. The Morgan fingerprint density at radius 1 is 0.395 bits per heavy atom. The van der Waals surface area contributed by atoms with Gasteiger partial charge in [-0.1, -0.05) is 168 Å². The average Bonchev–Trinajstić information content (AvgIpc) is 3.14. The second-order valence-corrected chi connectivity index (χ2v) is 7.17. The van der Waals surface area contributed by atoms with E-state index in [1.165, 1.54) is 22.3 Å². The van der Waals surface area contributed by atoms with Crippen LogP contribution < -0.4 is 9.47 Å². The summed E-state index contributed by atoms with van der Waals surface area (Å²) in [7, 11) is 1.69. The largest absolute Gasteiger partial charge is 0.497 e. The molecule has 0 atom stereocenters. The summed E-state index contributed by atoms with van der Waals surface area (Å²) in [4.78, 5) is 0. The SMILES string of the molecule is CC.CC.CC.CC.CC.CC.CCOc1ccc(/C(=C(/c2ccccc2)c2ccc(OC)cc2)c2ccccc2)cc1. The van der Waals surface area contributed by atoms with Crippen LogP contribution in [0.4, 0.5) is 0 Å². The molecule has 0 unspecified atom stereocenters. The Morgan fingerprint density at radius 2 is 0.674 bits per heavy atom. The van der Waals surface area contributed by atoms with Gasteiger partial charge in [0.15, 0.2) is 0 Å². The molecule has 0 aliphatic rings. The van der Waals surface area contributed by atoms with E-state index in [-0.39, 0.29) is 0 Å². The van der Waals surface area contributed by atoms with Crippen LogP contribution in [0, 0.1) is 0 Å². The van der Waals surface area contributed by atoms with Gasteiger partial charge in [-0.25, -0.2) is 0 Å². The molecule has 0 aliphatic carbocycles. The Labute approximate surface area is 266 Å². The standard InChI is InChI=1S/C29H26O2.6C2H6/c1-3-31-27-20-16-25(17-21-27)29(23-12-8-5-9-13-23)28(22-10-6-4-7-11-22)24-14-18-26(30-2)19-15-24;6*1-2/h4-21H,3H2,1-2H3;6*1-2H3/b29-28-;;;;;;.